The lowest BCUT2D eigenvalue weighted by Crippen LogP contribution is -2.16. The molecule has 0 aliphatic heterocycles. The van der Waals surface area contributed by atoms with Crippen LogP contribution < -0.4 is 5.32 Å². The van der Waals surface area contributed by atoms with E-state index in [1.807, 2.05) is 7.05 Å². The minimum absolute atomic E-state index is 0.899. The average Bonchev–Trinajstić information content (AvgIpc) is 2.65. The average molecular weight is 322 g/mol. The first-order chi connectivity index (χ1) is 9.04. The molecule has 0 aliphatic rings. The van der Waals surface area contributed by atoms with Crippen molar-refractivity contribution in [3.05, 3.63) is 39.6 Å². The Kier molecular flexibility index (Phi) is 4.42. The molecule has 102 valence electrons. The molecule has 19 heavy (non-hydrogen) atoms. The van der Waals surface area contributed by atoms with Gasteiger partial charge in [0.1, 0.15) is 0 Å². The fraction of sp³-hybridized carbons (Fsp3) is 0.400. The highest BCUT2D eigenvalue weighted by Gasteiger charge is 2.13. The van der Waals surface area contributed by atoms with Gasteiger partial charge in [-0.1, -0.05) is 28.1 Å². The molecule has 0 aliphatic carbocycles. The maximum atomic E-state index is 4.64. The summed E-state index contributed by atoms with van der Waals surface area (Å²) in [7, 11) is 1.96. The number of nitrogens with one attached hydrogen (secondary N) is 1. The molecule has 0 saturated heterocycles. The first-order valence-electron chi connectivity index (χ1n) is 6.49. The molecule has 0 radical (unpaired) electrons. The van der Waals surface area contributed by atoms with Crippen LogP contribution in [0.25, 0.3) is 11.1 Å². The van der Waals surface area contributed by atoms with Crippen LogP contribution in [-0.4, -0.2) is 23.4 Å². The van der Waals surface area contributed by atoms with Crippen molar-refractivity contribution in [2.24, 2.45) is 0 Å². The molecular formula is C15H20BrN3. The van der Waals surface area contributed by atoms with Crippen LogP contribution in [0.4, 0.5) is 0 Å². The lowest BCUT2D eigenvalue weighted by molar-refractivity contribution is 0.569. The maximum Gasteiger partial charge on any atom is 0.0674 e. The topological polar surface area (TPSA) is 29.9 Å². The maximum absolute atomic E-state index is 4.64. The van der Waals surface area contributed by atoms with E-state index >= 15 is 0 Å². The highest BCUT2D eigenvalue weighted by molar-refractivity contribution is 9.10. The molecule has 1 aromatic heterocycles. The molecule has 0 atom stereocenters. The third-order valence-corrected chi connectivity index (χ3v) is 4.27. The Balaban J connectivity index is 2.44. The molecule has 2 rings (SSSR count). The zero-order chi connectivity index (χ0) is 14.0. The second kappa shape index (κ2) is 5.88. The fourth-order valence-corrected chi connectivity index (χ4v) is 2.68. The van der Waals surface area contributed by atoms with Gasteiger partial charge in [-0.05, 0) is 45.0 Å². The van der Waals surface area contributed by atoms with E-state index in [2.05, 4.69) is 70.0 Å². The highest BCUT2D eigenvalue weighted by Crippen LogP contribution is 2.30. The van der Waals surface area contributed by atoms with Gasteiger partial charge in [-0.2, -0.15) is 5.10 Å². The third-order valence-electron chi connectivity index (χ3n) is 3.42. The van der Waals surface area contributed by atoms with Crippen molar-refractivity contribution in [3.8, 4) is 11.1 Å². The van der Waals surface area contributed by atoms with E-state index in [0.717, 1.165) is 23.3 Å². The Bertz CT molecular complexity index is 587. The van der Waals surface area contributed by atoms with Crippen molar-refractivity contribution in [1.82, 2.24) is 15.1 Å². The van der Waals surface area contributed by atoms with Crippen LogP contribution in [0.1, 0.15) is 17.0 Å². The number of hydrogen-bond acceptors (Lipinski definition) is 2. The lowest BCUT2D eigenvalue weighted by atomic mass is 10.0. The molecule has 2 aromatic rings. The van der Waals surface area contributed by atoms with Crippen LogP contribution >= 0.6 is 15.9 Å². The summed E-state index contributed by atoms with van der Waals surface area (Å²) in [4.78, 5) is 0. The molecule has 1 aromatic carbocycles. The fourth-order valence-electron chi connectivity index (χ4n) is 2.30. The van der Waals surface area contributed by atoms with Crippen LogP contribution in [0.2, 0.25) is 0 Å². The van der Waals surface area contributed by atoms with Gasteiger partial charge in [0.05, 0.1) is 12.2 Å². The van der Waals surface area contributed by atoms with Gasteiger partial charge in [0, 0.05) is 22.3 Å². The Labute approximate surface area is 123 Å². The molecule has 0 bridgehead atoms. The Morgan fingerprint density at radius 1 is 1.26 bits per heavy atom. The zero-order valence-electron chi connectivity index (χ0n) is 11.9. The smallest absolute Gasteiger partial charge is 0.0674 e. The van der Waals surface area contributed by atoms with E-state index in [1.54, 1.807) is 0 Å². The molecule has 0 saturated carbocycles. The van der Waals surface area contributed by atoms with Crippen LogP contribution in [0, 0.1) is 20.8 Å². The summed E-state index contributed by atoms with van der Waals surface area (Å²) in [5.41, 5.74) is 6.04. The van der Waals surface area contributed by atoms with Crippen molar-refractivity contribution >= 4 is 15.9 Å². The number of rotatable bonds is 4. The van der Waals surface area contributed by atoms with Crippen molar-refractivity contribution in [2.45, 2.75) is 27.3 Å². The zero-order valence-corrected chi connectivity index (χ0v) is 13.5. The quantitative estimate of drug-likeness (QED) is 0.934. The van der Waals surface area contributed by atoms with Crippen molar-refractivity contribution in [2.75, 3.05) is 13.6 Å². The normalized spacial score (nSPS) is 11.0. The lowest BCUT2D eigenvalue weighted by Gasteiger charge is -2.07. The second-order valence-electron chi connectivity index (χ2n) is 4.84. The monoisotopic (exact) mass is 321 g/mol. The van der Waals surface area contributed by atoms with Gasteiger partial charge in [0.2, 0.25) is 0 Å². The predicted octanol–water partition coefficient (Wildman–Crippen LogP) is 3.46. The van der Waals surface area contributed by atoms with Gasteiger partial charge in [-0.3, -0.25) is 4.68 Å². The van der Waals surface area contributed by atoms with Gasteiger partial charge >= 0.3 is 0 Å². The number of nitrogens with zero attached hydrogens (tertiary/aromatic N) is 2. The standard InChI is InChI=1S/C15H20BrN3/c1-10-5-6-13(9-14(10)16)15-11(2)18-19(12(15)3)8-7-17-4/h5-6,9,17H,7-8H2,1-4H3. The second-order valence-corrected chi connectivity index (χ2v) is 5.69. The summed E-state index contributed by atoms with van der Waals surface area (Å²) in [6.07, 6.45) is 0. The summed E-state index contributed by atoms with van der Waals surface area (Å²) in [6, 6.07) is 6.48. The van der Waals surface area contributed by atoms with Crippen LogP contribution in [0.15, 0.2) is 22.7 Å². The first kappa shape index (κ1) is 14.3. The molecule has 4 heteroatoms. The molecular weight excluding hydrogens is 302 g/mol. The molecule has 0 spiro atoms. The van der Waals surface area contributed by atoms with Gasteiger partial charge in [-0.25, -0.2) is 0 Å². The summed E-state index contributed by atoms with van der Waals surface area (Å²) in [6.45, 7) is 8.14. The highest BCUT2D eigenvalue weighted by atomic mass is 79.9. The van der Waals surface area contributed by atoms with Gasteiger partial charge in [0.15, 0.2) is 0 Å². The summed E-state index contributed by atoms with van der Waals surface area (Å²) in [5, 5.41) is 7.80. The van der Waals surface area contributed by atoms with Crippen LogP contribution in [-0.2, 0) is 6.54 Å². The van der Waals surface area contributed by atoms with E-state index in [0.29, 0.717) is 0 Å². The van der Waals surface area contributed by atoms with E-state index in [-0.39, 0.29) is 0 Å². The largest absolute Gasteiger partial charge is 0.318 e. The number of halogens is 1. The molecule has 0 fully saturated rings. The minimum atomic E-state index is 0.899. The Morgan fingerprint density at radius 3 is 2.63 bits per heavy atom. The van der Waals surface area contributed by atoms with Crippen LogP contribution in [0.5, 0.6) is 0 Å². The van der Waals surface area contributed by atoms with Crippen molar-refractivity contribution in [3.63, 3.8) is 0 Å². The van der Waals surface area contributed by atoms with Gasteiger partial charge < -0.3 is 5.32 Å². The summed E-state index contributed by atoms with van der Waals surface area (Å²) in [5.74, 6) is 0. The Morgan fingerprint density at radius 2 is 2.00 bits per heavy atom. The molecule has 0 unspecified atom stereocenters. The van der Waals surface area contributed by atoms with E-state index in [9.17, 15) is 0 Å². The van der Waals surface area contributed by atoms with Crippen LogP contribution in [0.3, 0.4) is 0 Å². The molecule has 0 amide bonds. The van der Waals surface area contributed by atoms with Crippen molar-refractivity contribution < 1.29 is 0 Å². The first-order valence-corrected chi connectivity index (χ1v) is 7.29. The molecule has 3 nitrogen and oxygen atoms in total. The number of aryl methyl sites for hydroxylation is 2. The summed E-state index contributed by atoms with van der Waals surface area (Å²) < 4.78 is 3.22. The predicted molar refractivity (Wildman–Crippen MR) is 83.5 cm³/mol. The van der Waals surface area contributed by atoms with Gasteiger partial charge in [0.25, 0.3) is 0 Å². The summed E-state index contributed by atoms with van der Waals surface area (Å²) >= 11 is 3.60. The number of aromatic nitrogens is 2. The van der Waals surface area contributed by atoms with Crippen molar-refractivity contribution in [1.29, 1.82) is 0 Å². The van der Waals surface area contributed by atoms with E-state index < -0.39 is 0 Å². The molecule has 1 heterocycles. The van der Waals surface area contributed by atoms with E-state index in [1.165, 1.54) is 22.4 Å². The van der Waals surface area contributed by atoms with E-state index in [4.69, 9.17) is 0 Å². The Hall–Kier alpha value is -1.13. The van der Waals surface area contributed by atoms with Gasteiger partial charge in [-0.15, -0.1) is 0 Å². The molecule has 1 N–H and O–H groups in total. The number of likely N-dealkylation sites (N-methyl/N-ethyl adjacent to an activating group) is 1. The number of hydrogen-bond donors (Lipinski definition) is 1. The minimum Gasteiger partial charge on any atom is -0.318 e. The third kappa shape index (κ3) is 2.90. The SMILES string of the molecule is CNCCn1nc(C)c(-c2ccc(C)c(Br)c2)c1C. The number of benzene rings is 1.